The summed E-state index contributed by atoms with van der Waals surface area (Å²) in [6.45, 7) is 1.48. The molecule has 1 N–H and O–H groups in total. The Labute approximate surface area is 164 Å². The fraction of sp³-hybridized carbons (Fsp3) is 0.150. The van der Waals surface area contributed by atoms with Gasteiger partial charge in [-0.2, -0.15) is 0 Å². The van der Waals surface area contributed by atoms with Crippen LogP contribution in [0.25, 0.3) is 5.69 Å². The number of carbonyl (C=O) groups is 1. The van der Waals surface area contributed by atoms with Crippen LogP contribution in [0.15, 0.2) is 64.4 Å². The fourth-order valence-electron chi connectivity index (χ4n) is 2.61. The second kappa shape index (κ2) is 8.22. The van der Waals surface area contributed by atoms with Gasteiger partial charge in [0.25, 0.3) is 0 Å². The van der Waals surface area contributed by atoms with Crippen molar-refractivity contribution in [1.82, 2.24) is 14.5 Å². The van der Waals surface area contributed by atoms with Crippen LogP contribution in [0.5, 0.6) is 0 Å². The zero-order chi connectivity index (χ0) is 20.3. The molecule has 0 spiro atoms. The largest absolute Gasteiger partial charge is 0.350 e. The van der Waals surface area contributed by atoms with E-state index in [1.807, 2.05) is 0 Å². The predicted octanol–water partition coefficient (Wildman–Crippen LogP) is 2.42. The summed E-state index contributed by atoms with van der Waals surface area (Å²) in [5.41, 5.74) is -0.344. The summed E-state index contributed by atoms with van der Waals surface area (Å²) in [6.07, 6.45) is 2.64. The van der Waals surface area contributed by atoms with Crippen molar-refractivity contribution >= 4 is 17.5 Å². The molecule has 144 valence electrons. The standard InChI is InChI=1S/C20H17ClFN3O3/c1-13-6-7-15(10-17(13)22)25-9-8-24(19(27)20(25)28)12-18(26)23-11-14-4-2-3-5-16(14)21/h2-10H,11-12H2,1H3,(H,23,26). The second-order valence-electron chi connectivity index (χ2n) is 6.21. The molecule has 0 fully saturated rings. The number of nitrogens with one attached hydrogen (secondary N) is 1. The smallest absolute Gasteiger partial charge is 0.320 e. The van der Waals surface area contributed by atoms with E-state index < -0.39 is 22.8 Å². The van der Waals surface area contributed by atoms with Gasteiger partial charge in [0.2, 0.25) is 5.91 Å². The van der Waals surface area contributed by atoms with Crippen molar-refractivity contribution in [1.29, 1.82) is 0 Å². The Morgan fingerprint density at radius 3 is 2.57 bits per heavy atom. The van der Waals surface area contributed by atoms with Gasteiger partial charge in [-0.1, -0.05) is 35.9 Å². The first-order chi connectivity index (χ1) is 13.4. The van der Waals surface area contributed by atoms with Crippen LogP contribution in [0.4, 0.5) is 4.39 Å². The highest BCUT2D eigenvalue weighted by atomic mass is 35.5. The molecular formula is C20H17ClFN3O3. The van der Waals surface area contributed by atoms with E-state index in [1.54, 1.807) is 37.3 Å². The molecule has 0 unspecified atom stereocenters. The van der Waals surface area contributed by atoms with Crippen molar-refractivity contribution in [2.75, 3.05) is 0 Å². The molecule has 0 bridgehead atoms. The van der Waals surface area contributed by atoms with Crippen LogP contribution < -0.4 is 16.4 Å². The lowest BCUT2D eigenvalue weighted by molar-refractivity contribution is -0.121. The summed E-state index contributed by atoms with van der Waals surface area (Å²) in [5.74, 6) is -0.923. The molecule has 0 saturated heterocycles. The van der Waals surface area contributed by atoms with Crippen LogP contribution in [0.1, 0.15) is 11.1 Å². The van der Waals surface area contributed by atoms with E-state index in [0.29, 0.717) is 10.6 Å². The maximum atomic E-state index is 13.7. The number of hydrogen-bond acceptors (Lipinski definition) is 3. The first-order valence-corrected chi connectivity index (χ1v) is 8.83. The minimum Gasteiger partial charge on any atom is -0.350 e. The summed E-state index contributed by atoms with van der Waals surface area (Å²) in [6, 6.07) is 11.3. The number of nitrogens with zero attached hydrogens (tertiary/aromatic N) is 2. The molecule has 28 heavy (non-hydrogen) atoms. The van der Waals surface area contributed by atoms with Crippen LogP contribution in [0.2, 0.25) is 5.02 Å². The van der Waals surface area contributed by atoms with Gasteiger partial charge in [0, 0.05) is 24.0 Å². The first kappa shape index (κ1) is 19.6. The minimum absolute atomic E-state index is 0.201. The fourth-order valence-corrected chi connectivity index (χ4v) is 2.82. The number of aryl methyl sites for hydroxylation is 1. The Balaban J connectivity index is 1.76. The van der Waals surface area contributed by atoms with Crippen LogP contribution in [0, 0.1) is 12.7 Å². The molecule has 6 nitrogen and oxygen atoms in total. The number of rotatable bonds is 5. The van der Waals surface area contributed by atoms with Crippen molar-refractivity contribution < 1.29 is 9.18 Å². The van der Waals surface area contributed by atoms with Gasteiger partial charge in [0.05, 0.1) is 5.69 Å². The highest BCUT2D eigenvalue weighted by molar-refractivity contribution is 6.31. The second-order valence-corrected chi connectivity index (χ2v) is 6.62. The van der Waals surface area contributed by atoms with Crippen molar-refractivity contribution in [3.63, 3.8) is 0 Å². The molecule has 2 aromatic carbocycles. The monoisotopic (exact) mass is 401 g/mol. The highest BCUT2D eigenvalue weighted by Crippen LogP contribution is 2.14. The topological polar surface area (TPSA) is 73.1 Å². The lowest BCUT2D eigenvalue weighted by atomic mass is 10.2. The van der Waals surface area contributed by atoms with E-state index in [9.17, 15) is 18.8 Å². The number of carbonyl (C=O) groups excluding carboxylic acids is 1. The lowest BCUT2D eigenvalue weighted by Crippen LogP contribution is -2.42. The summed E-state index contributed by atoms with van der Waals surface area (Å²) in [4.78, 5) is 36.8. The third-order valence-electron chi connectivity index (χ3n) is 4.24. The molecular weight excluding hydrogens is 385 g/mol. The van der Waals surface area contributed by atoms with E-state index in [-0.39, 0.29) is 18.8 Å². The number of amides is 1. The van der Waals surface area contributed by atoms with Crippen molar-refractivity contribution in [2.24, 2.45) is 0 Å². The van der Waals surface area contributed by atoms with Gasteiger partial charge in [0.1, 0.15) is 12.4 Å². The van der Waals surface area contributed by atoms with E-state index in [1.165, 1.54) is 24.5 Å². The summed E-state index contributed by atoms with van der Waals surface area (Å²) < 4.78 is 15.8. The molecule has 1 amide bonds. The number of benzene rings is 2. The van der Waals surface area contributed by atoms with Gasteiger partial charge >= 0.3 is 11.1 Å². The Hall–Kier alpha value is -3.19. The average Bonchev–Trinajstić information content (AvgIpc) is 2.67. The molecule has 0 atom stereocenters. The first-order valence-electron chi connectivity index (χ1n) is 8.45. The lowest BCUT2D eigenvalue weighted by Gasteiger charge is -2.10. The van der Waals surface area contributed by atoms with E-state index in [0.717, 1.165) is 14.7 Å². The Kier molecular flexibility index (Phi) is 5.75. The Morgan fingerprint density at radius 2 is 1.86 bits per heavy atom. The number of aromatic nitrogens is 2. The van der Waals surface area contributed by atoms with Crippen molar-refractivity contribution in [2.45, 2.75) is 20.0 Å². The quantitative estimate of drug-likeness (QED) is 0.667. The molecule has 1 aromatic heterocycles. The molecule has 0 radical (unpaired) electrons. The molecule has 1 heterocycles. The predicted molar refractivity (Wildman–Crippen MR) is 104 cm³/mol. The SMILES string of the molecule is Cc1ccc(-n2ccn(CC(=O)NCc3ccccc3Cl)c(=O)c2=O)cc1F. The minimum atomic E-state index is -0.878. The van der Waals surface area contributed by atoms with Crippen LogP contribution in [-0.2, 0) is 17.9 Å². The Morgan fingerprint density at radius 1 is 1.11 bits per heavy atom. The maximum absolute atomic E-state index is 13.7. The molecule has 0 aliphatic carbocycles. The van der Waals surface area contributed by atoms with Gasteiger partial charge in [-0.15, -0.1) is 0 Å². The summed E-state index contributed by atoms with van der Waals surface area (Å²) in [5, 5.41) is 3.17. The van der Waals surface area contributed by atoms with Crippen molar-refractivity contribution in [3.05, 3.63) is 97.5 Å². The molecule has 0 aliphatic rings. The van der Waals surface area contributed by atoms with Crippen molar-refractivity contribution in [3.8, 4) is 5.69 Å². The van der Waals surface area contributed by atoms with E-state index >= 15 is 0 Å². The van der Waals surface area contributed by atoms with Gasteiger partial charge in [-0.3, -0.25) is 23.5 Å². The van der Waals surface area contributed by atoms with Crippen LogP contribution in [-0.4, -0.2) is 15.0 Å². The third kappa shape index (κ3) is 4.20. The summed E-state index contributed by atoms with van der Waals surface area (Å²) >= 11 is 6.03. The van der Waals surface area contributed by atoms with E-state index in [2.05, 4.69) is 5.32 Å². The third-order valence-corrected chi connectivity index (χ3v) is 4.61. The summed E-state index contributed by atoms with van der Waals surface area (Å²) in [7, 11) is 0. The average molecular weight is 402 g/mol. The normalized spacial score (nSPS) is 10.7. The van der Waals surface area contributed by atoms with Gasteiger partial charge < -0.3 is 5.32 Å². The zero-order valence-corrected chi connectivity index (χ0v) is 15.7. The van der Waals surface area contributed by atoms with Gasteiger partial charge in [-0.25, -0.2) is 4.39 Å². The molecule has 3 rings (SSSR count). The molecule has 0 saturated carbocycles. The van der Waals surface area contributed by atoms with E-state index in [4.69, 9.17) is 11.6 Å². The van der Waals surface area contributed by atoms with Crippen LogP contribution in [0.3, 0.4) is 0 Å². The van der Waals surface area contributed by atoms with Crippen LogP contribution >= 0.6 is 11.6 Å². The maximum Gasteiger partial charge on any atom is 0.320 e. The molecule has 3 aromatic rings. The zero-order valence-electron chi connectivity index (χ0n) is 15.0. The Bertz CT molecular complexity index is 1150. The van der Waals surface area contributed by atoms with Gasteiger partial charge in [0.15, 0.2) is 0 Å². The highest BCUT2D eigenvalue weighted by Gasteiger charge is 2.11. The molecule has 8 heteroatoms. The molecule has 0 aliphatic heterocycles. The number of hydrogen-bond donors (Lipinski definition) is 1. The van der Waals surface area contributed by atoms with Gasteiger partial charge in [-0.05, 0) is 36.2 Å². The number of halogens is 2.